The van der Waals surface area contributed by atoms with E-state index >= 15 is 0 Å². The predicted molar refractivity (Wildman–Crippen MR) is 106 cm³/mol. The summed E-state index contributed by atoms with van der Waals surface area (Å²) in [7, 11) is 0. The van der Waals surface area contributed by atoms with Gasteiger partial charge in [-0.05, 0) is 22.3 Å². The predicted octanol–water partition coefficient (Wildman–Crippen LogP) is 2.27. The monoisotopic (exact) mass is 424 g/mol. The van der Waals surface area contributed by atoms with Crippen molar-refractivity contribution < 1.29 is 34.1 Å². The van der Waals surface area contributed by atoms with E-state index in [2.05, 4.69) is 0 Å². The number of carbonyl (C=O) groups is 4. The SMILES string of the molecule is O=C(OC(=O)[C@@H]1Cc2ccccc2CN1C(=O)O)[C@@H]1Cc2ccccc2CN1C(=O)O. The Labute approximate surface area is 177 Å². The van der Waals surface area contributed by atoms with E-state index in [0.717, 1.165) is 32.1 Å². The Morgan fingerprint density at radius 2 is 1.03 bits per heavy atom. The molecule has 0 aliphatic carbocycles. The van der Waals surface area contributed by atoms with Gasteiger partial charge in [0.15, 0.2) is 0 Å². The Morgan fingerprint density at radius 1 is 0.677 bits per heavy atom. The van der Waals surface area contributed by atoms with Crippen LogP contribution in [-0.4, -0.2) is 56.2 Å². The van der Waals surface area contributed by atoms with Crippen LogP contribution in [0.3, 0.4) is 0 Å². The Kier molecular flexibility index (Phi) is 5.33. The molecular formula is C22H20N2O7. The number of hydrogen-bond acceptors (Lipinski definition) is 5. The molecular weight excluding hydrogens is 404 g/mol. The van der Waals surface area contributed by atoms with E-state index in [1.54, 1.807) is 48.5 Å². The lowest BCUT2D eigenvalue weighted by Gasteiger charge is -2.35. The first-order chi connectivity index (χ1) is 14.8. The summed E-state index contributed by atoms with van der Waals surface area (Å²) in [5.74, 6) is -2.02. The fraction of sp³-hybridized carbons (Fsp3) is 0.273. The number of benzene rings is 2. The van der Waals surface area contributed by atoms with Crippen LogP contribution in [0.15, 0.2) is 48.5 Å². The number of nitrogens with zero attached hydrogens (tertiary/aromatic N) is 2. The van der Waals surface area contributed by atoms with Gasteiger partial charge < -0.3 is 14.9 Å². The minimum Gasteiger partial charge on any atom is -0.465 e. The minimum absolute atomic E-state index is 0.00246. The summed E-state index contributed by atoms with van der Waals surface area (Å²) in [6.45, 7) is -0.00492. The first-order valence-corrected chi connectivity index (χ1v) is 9.73. The Bertz CT molecular complexity index is 984. The summed E-state index contributed by atoms with van der Waals surface area (Å²) < 4.78 is 5.03. The third-order valence-electron chi connectivity index (χ3n) is 5.73. The smallest absolute Gasteiger partial charge is 0.408 e. The van der Waals surface area contributed by atoms with Gasteiger partial charge in [0.25, 0.3) is 0 Å². The molecule has 9 heteroatoms. The van der Waals surface area contributed by atoms with Crippen LogP contribution in [0.4, 0.5) is 9.59 Å². The molecule has 2 heterocycles. The zero-order chi connectivity index (χ0) is 22.1. The molecule has 0 aromatic heterocycles. The van der Waals surface area contributed by atoms with E-state index in [9.17, 15) is 29.4 Å². The summed E-state index contributed by atoms with van der Waals surface area (Å²) in [5.41, 5.74) is 3.16. The molecule has 2 N–H and O–H groups in total. The van der Waals surface area contributed by atoms with E-state index in [1.807, 2.05) is 0 Å². The molecule has 0 radical (unpaired) electrons. The third kappa shape index (κ3) is 3.94. The van der Waals surface area contributed by atoms with Crippen molar-refractivity contribution in [3.63, 3.8) is 0 Å². The maximum absolute atomic E-state index is 12.8. The Morgan fingerprint density at radius 3 is 1.39 bits per heavy atom. The normalized spacial score (nSPS) is 19.7. The van der Waals surface area contributed by atoms with Gasteiger partial charge >= 0.3 is 24.1 Å². The average molecular weight is 424 g/mol. The lowest BCUT2D eigenvalue weighted by atomic mass is 9.93. The number of fused-ring (bicyclic) bond motifs is 2. The lowest BCUT2D eigenvalue weighted by molar-refractivity contribution is -0.167. The lowest BCUT2D eigenvalue weighted by Crippen LogP contribution is -2.52. The van der Waals surface area contributed by atoms with Crippen molar-refractivity contribution in [3.05, 3.63) is 70.8 Å². The van der Waals surface area contributed by atoms with Gasteiger partial charge in [-0.1, -0.05) is 48.5 Å². The van der Waals surface area contributed by atoms with Crippen molar-refractivity contribution >= 4 is 24.1 Å². The molecule has 0 spiro atoms. The second kappa shape index (κ2) is 8.10. The molecule has 4 rings (SSSR count). The van der Waals surface area contributed by atoms with Gasteiger partial charge in [0.1, 0.15) is 12.1 Å². The van der Waals surface area contributed by atoms with Crippen molar-refractivity contribution in [1.82, 2.24) is 9.80 Å². The summed E-state index contributed by atoms with van der Waals surface area (Å²) in [4.78, 5) is 50.8. The highest BCUT2D eigenvalue weighted by atomic mass is 16.6. The van der Waals surface area contributed by atoms with E-state index < -0.39 is 36.2 Å². The zero-order valence-corrected chi connectivity index (χ0v) is 16.4. The molecule has 0 bridgehead atoms. The van der Waals surface area contributed by atoms with Gasteiger partial charge in [0.2, 0.25) is 0 Å². The maximum Gasteiger partial charge on any atom is 0.408 e. The first kappa shape index (κ1) is 20.4. The van der Waals surface area contributed by atoms with Crippen molar-refractivity contribution in [1.29, 1.82) is 0 Å². The standard InChI is InChI=1S/C22H20N2O7/c25-19(17-9-13-5-1-3-7-15(13)11-23(17)21(27)28)31-20(26)18-10-14-6-2-4-8-16(14)12-24(18)22(29)30/h1-8,17-18H,9-12H2,(H,27,28)(H,29,30)/t17-,18-/m0/s1. The molecule has 0 saturated carbocycles. The number of carboxylic acid groups (broad SMARTS) is 2. The average Bonchev–Trinajstić information content (AvgIpc) is 2.77. The molecule has 2 atom stereocenters. The Balaban J connectivity index is 1.54. The van der Waals surface area contributed by atoms with Crippen LogP contribution in [0.1, 0.15) is 22.3 Å². The van der Waals surface area contributed by atoms with Crippen LogP contribution in [0.5, 0.6) is 0 Å². The topological polar surface area (TPSA) is 124 Å². The van der Waals surface area contributed by atoms with Crippen molar-refractivity contribution in [2.75, 3.05) is 0 Å². The van der Waals surface area contributed by atoms with E-state index in [4.69, 9.17) is 4.74 Å². The third-order valence-corrected chi connectivity index (χ3v) is 5.73. The van der Waals surface area contributed by atoms with Gasteiger partial charge in [-0.15, -0.1) is 0 Å². The molecule has 2 aliphatic rings. The van der Waals surface area contributed by atoms with Crippen LogP contribution < -0.4 is 0 Å². The molecule has 0 unspecified atom stereocenters. The largest absolute Gasteiger partial charge is 0.465 e. The van der Waals surface area contributed by atoms with E-state index in [1.165, 1.54) is 0 Å². The van der Waals surface area contributed by atoms with Crippen LogP contribution in [0.2, 0.25) is 0 Å². The molecule has 160 valence electrons. The number of hydrogen-bond donors (Lipinski definition) is 2. The second-order valence-corrected chi connectivity index (χ2v) is 7.54. The summed E-state index contributed by atoms with van der Waals surface area (Å²) in [5, 5.41) is 19.1. The summed E-state index contributed by atoms with van der Waals surface area (Å²) in [6.07, 6.45) is -2.46. The highest BCUT2D eigenvalue weighted by Gasteiger charge is 2.40. The molecule has 0 fully saturated rings. The molecule has 31 heavy (non-hydrogen) atoms. The van der Waals surface area contributed by atoms with E-state index in [-0.39, 0.29) is 25.9 Å². The van der Waals surface area contributed by atoms with Gasteiger partial charge in [0, 0.05) is 12.8 Å². The molecule has 2 amide bonds. The fourth-order valence-electron chi connectivity index (χ4n) is 4.10. The van der Waals surface area contributed by atoms with Crippen molar-refractivity contribution in [2.24, 2.45) is 0 Å². The highest BCUT2D eigenvalue weighted by molar-refractivity contribution is 5.94. The van der Waals surface area contributed by atoms with Crippen molar-refractivity contribution in [3.8, 4) is 0 Å². The number of amides is 2. The fourth-order valence-corrected chi connectivity index (χ4v) is 4.10. The quantitative estimate of drug-likeness (QED) is 0.560. The zero-order valence-electron chi connectivity index (χ0n) is 16.4. The Hall–Kier alpha value is -3.88. The number of rotatable bonds is 2. The summed E-state index contributed by atoms with van der Waals surface area (Å²) in [6, 6.07) is 11.9. The molecule has 0 saturated heterocycles. The highest BCUT2D eigenvalue weighted by Crippen LogP contribution is 2.26. The molecule has 9 nitrogen and oxygen atoms in total. The van der Waals surface area contributed by atoms with Gasteiger partial charge in [-0.25, -0.2) is 19.2 Å². The van der Waals surface area contributed by atoms with Crippen LogP contribution in [0.25, 0.3) is 0 Å². The first-order valence-electron chi connectivity index (χ1n) is 9.73. The van der Waals surface area contributed by atoms with Crippen LogP contribution in [0, 0.1) is 0 Å². The van der Waals surface area contributed by atoms with Gasteiger partial charge in [0.05, 0.1) is 13.1 Å². The maximum atomic E-state index is 12.8. The van der Waals surface area contributed by atoms with E-state index in [0.29, 0.717) is 0 Å². The van der Waals surface area contributed by atoms with Gasteiger partial charge in [-0.3, -0.25) is 9.80 Å². The number of carbonyl (C=O) groups excluding carboxylic acids is 2. The summed E-state index contributed by atoms with van der Waals surface area (Å²) >= 11 is 0. The van der Waals surface area contributed by atoms with Crippen molar-refractivity contribution in [2.45, 2.75) is 38.0 Å². The molecule has 2 aromatic carbocycles. The number of esters is 2. The second-order valence-electron chi connectivity index (χ2n) is 7.54. The van der Waals surface area contributed by atoms with Crippen LogP contribution >= 0.6 is 0 Å². The molecule has 2 aliphatic heterocycles. The van der Waals surface area contributed by atoms with Crippen LogP contribution in [-0.2, 0) is 40.3 Å². The number of ether oxygens (including phenoxy) is 1. The van der Waals surface area contributed by atoms with Gasteiger partial charge in [-0.2, -0.15) is 0 Å². The molecule has 2 aromatic rings. The minimum atomic E-state index is -1.30.